The Kier molecular flexibility index (Phi) is 4.69. The molecule has 0 aromatic rings. The van der Waals surface area contributed by atoms with Crippen molar-refractivity contribution in [2.45, 2.75) is 18.6 Å². The van der Waals surface area contributed by atoms with E-state index in [1.54, 1.807) is 6.92 Å². The fraction of sp³-hybridized carbons (Fsp3) is 1.00. The van der Waals surface area contributed by atoms with E-state index in [0.29, 0.717) is 12.5 Å². The molecule has 4 nitrogen and oxygen atoms in total. The molecule has 1 fully saturated rings. The molecule has 1 heterocycles. The highest BCUT2D eigenvalue weighted by Crippen LogP contribution is 2.22. The normalized spacial score (nSPS) is 25.1. The van der Waals surface area contributed by atoms with Gasteiger partial charge in [-0.2, -0.15) is 11.8 Å². The van der Waals surface area contributed by atoms with Crippen molar-refractivity contribution in [1.82, 2.24) is 4.72 Å². The molecular weight excluding hydrogens is 220 g/mol. The van der Waals surface area contributed by atoms with Crippen LogP contribution in [-0.4, -0.2) is 38.3 Å². The van der Waals surface area contributed by atoms with E-state index in [1.165, 1.54) is 0 Å². The van der Waals surface area contributed by atoms with E-state index in [4.69, 9.17) is 5.73 Å². The molecule has 84 valence electrons. The van der Waals surface area contributed by atoms with Crippen LogP contribution in [0.25, 0.3) is 0 Å². The van der Waals surface area contributed by atoms with Crippen LogP contribution in [0.4, 0.5) is 0 Å². The highest BCUT2D eigenvalue weighted by atomic mass is 32.2. The third-order valence-corrected chi connectivity index (χ3v) is 5.51. The minimum Gasteiger partial charge on any atom is -0.329 e. The number of sulfonamides is 1. The Labute approximate surface area is 90.1 Å². The second kappa shape index (κ2) is 5.34. The summed E-state index contributed by atoms with van der Waals surface area (Å²) in [6.45, 7) is 2.38. The maximum atomic E-state index is 11.5. The number of hydrogen-bond acceptors (Lipinski definition) is 4. The van der Waals surface area contributed by atoms with Gasteiger partial charge in [-0.15, -0.1) is 0 Å². The molecule has 3 N–H and O–H groups in total. The maximum absolute atomic E-state index is 11.5. The van der Waals surface area contributed by atoms with Crippen molar-refractivity contribution >= 4 is 21.8 Å². The molecule has 2 unspecified atom stereocenters. The summed E-state index contributed by atoms with van der Waals surface area (Å²) in [4.78, 5) is 0. The molecule has 1 rings (SSSR count). The Hall–Kier alpha value is 0.220. The lowest BCUT2D eigenvalue weighted by Crippen LogP contribution is -2.39. The Balaban J connectivity index is 2.35. The van der Waals surface area contributed by atoms with Gasteiger partial charge in [0.1, 0.15) is 0 Å². The van der Waals surface area contributed by atoms with Crippen molar-refractivity contribution in [2.24, 2.45) is 11.7 Å². The maximum Gasteiger partial charge on any atom is 0.215 e. The number of hydrogen-bond donors (Lipinski definition) is 2. The summed E-state index contributed by atoms with van der Waals surface area (Å²) < 4.78 is 25.7. The monoisotopic (exact) mass is 238 g/mol. The molecular formula is C8H18N2O2S2. The van der Waals surface area contributed by atoms with E-state index < -0.39 is 15.3 Å². The van der Waals surface area contributed by atoms with Crippen molar-refractivity contribution in [3.05, 3.63) is 0 Å². The lowest BCUT2D eigenvalue weighted by molar-refractivity contribution is 0.537. The van der Waals surface area contributed by atoms with Crippen molar-refractivity contribution in [3.8, 4) is 0 Å². The van der Waals surface area contributed by atoms with Crippen LogP contribution in [0.5, 0.6) is 0 Å². The van der Waals surface area contributed by atoms with E-state index >= 15 is 0 Å². The smallest absolute Gasteiger partial charge is 0.215 e. The SMILES string of the molecule is CC(CN)S(=O)(=O)NCC1CCSC1. The van der Waals surface area contributed by atoms with Gasteiger partial charge in [0.2, 0.25) is 10.0 Å². The van der Waals surface area contributed by atoms with Crippen LogP contribution in [-0.2, 0) is 10.0 Å². The second-order valence-corrected chi connectivity index (χ2v) is 7.00. The zero-order valence-corrected chi connectivity index (χ0v) is 10.0. The second-order valence-electron chi connectivity index (χ2n) is 3.67. The van der Waals surface area contributed by atoms with Crippen LogP contribution in [0.15, 0.2) is 0 Å². The summed E-state index contributed by atoms with van der Waals surface area (Å²) in [6.07, 6.45) is 1.12. The van der Waals surface area contributed by atoms with E-state index in [1.807, 2.05) is 11.8 Å². The van der Waals surface area contributed by atoms with Crippen molar-refractivity contribution < 1.29 is 8.42 Å². The first-order valence-electron chi connectivity index (χ1n) is 4.82. The number of rotatable bonds is 5. The molecule has 1 saturated heterocycles. The van der Waals surface area contributed by atoms with Crippen LogP contribution in [0, 0.1) is 5.92 Å². The zero-order chi connectivity index (χ0) is 10.6. The van der Waals surface area contributed by atoms with Gasteiger partial charge >= 0.3 is 0 Å². The van der Waals surface area contributed by atoms with Crippen LogP contribution in [0.2, 0.25) is 0 Å². The minimum absolute atomic E-state index is 0.175. The molecule has 1 aliphatic heterocycles. The van der Waals surface area contributed by atoms with Gasteiger partial charge in [-0.25, -0.2) is 13.1 Å². The largest absolute Gasteiger partial charge is 0.329 e. The van der Waals surface area contributed by atoms with E-state index in [-0.39, 0.29) is 6.54 Å². The zero-order valence-electron chi connectivity index (χ0n) is 8.40. The summed E-state index contributed by atoms with van der Waals surface area (Å²) in [7, 11) is -3.18. The quantitative estimate of drug-likeness (QED) is 0.707. The summed E-state index contributed by atoms with van der Waals surface area (Å²) in [5.41, 5.74) is 5.32. The molecule has 0 aromatic heterocycles. The van der Waals surface area contributed by atoms with Gasteiger partial charge in [-0.3, -0.25) is 0 Å². The fourth-order valence-corrected chi connectivity index (χ4v) is 3.54. The van der Waals surface area contributed by atoms with E-state index in [0.717, 1.165) is 17.9 Å². The molecule has 0 saturated carbocycles. The molecule has 6 heteroatoms. The van der Waals surface area contributed by atoms with Gasteiger partial charge < -0.3 is 5.73 Å². The molecule has 0 amide bonds. The predicted molar refractivity (Wildman–Crippen MR) is 60.9 cm³/mol. The minimum atomic E-state index is -3.18. The molecule has 1 aliphatic rings. The van der Waals surface area contributed by atoms with Gasteiger partial charge in [0.05, 0.1) is 5.25 Å². The molecule has 0 radical (unpaired) electrons. The number of nitrogens with one attached hydrogen (secondary N) is 1. The average molecular weight is 238 g/mol. The third kappa shape index (κ3) is 3.42. The standard InChI is InChI=1S/C8H18N2O2S2/c1-7(4-9)14(11,12)10-5-8-2-3-13-6-8/h7-8,10H,2-6,9H2,1H3. The van der Waals surface area contributed by atoms with Crippen LogP contribution in [0.3, 0.4) is 0 Å². The average Bonchev–Trinajstić information content (AvgIpc) is 2.66. The van der Waals surface area contributed by atoms with E-state index in [2.05, 4.69) is 4.72 Å². The number of thioether (sulfide) groups is 1. The van der Waals surface area contributed by atoms with E-state index in [9.17, 15) is 8.42 Å². The van der Waals surface area contributed by atoms with Crippen LogP contribution < -0.4 is 10.5 Å². The van der Waals surface area contributed by atoms with Gasteiger partial charge in [0.15, 0.2) is 0 Å². The highest BCUT2D eigenvalue weighted by molar-refractivity contribution is 7.99. The molecule has 0 bridgehead atoms. The van der Waals surface area contributed by atoms with Gasteiger partial charge in [0, 0.05) is 13.1 Å². The third-order valence-electron chi connectivity index (χ3n) is 2.46. The lowest BCUT2D eigenvalue weighted by atomic mass is 10.1. The Morgan fingerprint density at radius 2 is 2.36 bits per heavy atom. The summed E-state index contributed by atoms with van der Waals surface area (Å²) >= 11 is 1.89. The lowest BCUT2D eigenvalue weighted by Gasteiger charge is -2.14. The molecule has 0 aliphatic carbocycles. The summed E-state index contributed by atoms with van der Waals surface area (Å²) in [5.74, 6) is 2.72. The summed E-state index contributed by atoms with van der Waals surface area (Å²) in [6, 6.07) is 0. The van der Waals surface area contributed by atoms with Gasteiger partial charge in [0.25, 0.3) is 0 Å². The van der Waals surface area contributed by atoms with Crippen molar-refractivity contribution in [2.75, 3.05) is 24.6 Å². The van der Waals surface area contributed by atoms with Crippen molar-refractivity contribution in [1.29, 1.82) is 0 Å². The van der Waals surface area contributed by atoms with Gasteiger partial charge in [-0.1, -0.05) is 0 Å². The molecule has 0 spiro atoms. The van der Waals surface area contributed by atoms with Crippen molar-refractivity contribution in [3.63, 3.8) is 0 Å². The highest BCUT2D eigenvalue weighted by Gasteiger charge is 2.22. The predicted octanol–water partition coefficient (Wildman–Crippen LogP) is 0.00610. The first-order valence-corrected chi connectivity index (χ1v) is 7.52. The Morgan fingerprint density at radius 3 is 2.86 bits per heavy atom. The van der Waals surface area contributed by atoms with Crippen LogP contribution in [0.1, 0.15) is 13.3 Å². The topological polar surface area (TPSA) is 72.2 Å². The fourth-order valence-electron chi connectivity index (χ4n) is 1.25. The Bertz CT molecular complexity index is 261. The first kappa shape index (κ1) is 12.3. The van der Waals surface area contributed by atoms with Crippen LogP contribution >= 0.6 is 11.8 Å². The Morgan fingerprint density at radius 1 is 1.64 bits per heavy atom. The molecule has 14 heavy (non-hydrogen) atoms. The summed E-state index contributed by atoms with van der Waals surface area (Å²) in [5, 5.41) is -0.489. The molecule has 2 atom stereocenters. The number of nitrogens with two attached hydrogens (primary N) is 1. The molecule has 0 aromatic carbocycles. The first-order chi connectivity index (χ1) is 6.56. The van der Waals surface area contributed by atoms with Gasteiger partial charge in [-0.05, 0) is 30.8 Å².